The van der Waals surface area contributed by atoms with Crippen LogP contribution in [0, 0.1) is 0 Å². The molecule has 0 aromatic heterocycles. The van der Waals surface area contributed by atoms with Gasteiger partial charge in [0.25, 0.3) is 0 Å². The van der Waals surface area contributed by atoms with Crippen LogP contribution in [0.1, 0.15) is 12.0 Å². The predicted octanol–water partition coefficient (Wildman–Crippen LogP) is 3.46. The Bertz CT molecular complexity index is 1220. The van der Waals surface area contributed by atoms with Gasteiger partial charge in [-0.1, -0.05) is 42.1 Å². The van der Waals surface area contributed by atoms with Crippen molar-refractivity contribution in [3.8, 4) is 0 Å². The highest BCUT2D eigenvalue weighted by molar-refractivity contribution is 8.03. The van der Waals surface area contributed by atoms with E-state index in [0.29, 0.717) is 24.2 Å². The normalized spacial score (nSPS) is 20.2. The quantitative estimate of drug-likeness (QED) is 0.575. The zero-order chi connectivity index (χ0) is 21.0. The molecule has 0 saturated heterocycles. The lowest BCUT2D eigenvalue weighted by molar-refractivity contribution is -0.141. The van der Waals surface area contributed by atoms with Gasteiger partial charge in [-0.2, -0.15) is 8.42 Å². The van der Waals surface area contributed by atoms with Gasteiger partial charge in [-0.25, -0.2) is 4.79 Å². The maximum atomic E-state index is 12.6. The summed E-state index contributed by atoms with van der Waals surface area (Å²) in [4.78, 5) is 15.6. The van der Waals surface area contributed by atoms with Crippen LogP contribution in [0.3, 0.4) is 0 Å². The number of carbonyl (C=O) groups excluding carboxylic acids is 1. The molecule has 3 heterocycles. The van der Waals surface area contributed by atoms with E-state index in [4.69, 9.17) is 4.74 Å². The highest BCUT2D eigenvalue weighted by Gasteiger charge is 2.39. The molecule has 0 aliphatic carbocycles. The molecule has 9 heteroatoms. The van der Waals surface area contributed by atoms with Crippen LogP contribution in [0.25, 0.3) is 5.57 Å². The van der Waals surface area contributed by atoms with Crippen molar-refractivity contribution in [2.45, 2.75) is 17.4 Å². The molecule has 0 radical (unpaired) electrons. The summed E-state index contributed by atoms with van der Waals surface area (Å²) in [5.41, 5.74) is 3.63. The van der Waals surface area contributed by atoms with Gasteiger partial charge in [-0.05, 0) is 29.8 Å². The van der Waals surface area contributed by atoms with Gasteiger partial charge >= 0.3 is 16.3 Å². The number of benzene rings is 2. The summed E-state index contributed by atoms with van der Waals surface area (Å²) >= 11 is 1.51. The van der Waals surface area contributed by atoms with Crippen molar-refractivity contribution >= 4 is 45.0 Å². The van der Waals surface area contributed by atoms with Crippen molar-refractivity contribution in [1.29, 1.82) is 0 Å². The smallest absolute Gasteiger partial charge is 0.359 e. The molecule has 154 valence electrons. The van der Waals surface area contributed by atoms with Crippen LogP contribution in [-0.2, 0) is 19.8 Å². The van der Waals surface area contributed by atoms with E-state index in [9.17, 15) is 17.8 Å². The van der Waals surface area contributed by atoms with E-state index in [-0.39, 0.29) is 12.1 Å². The topological polar surface area (TPSA) is 87.2 Å². The van der Waals surface area contributed by atoms with Crippen LogP contribution in [-0.4, -0.2) is 38.6 Å². The van der Waals surface area contributed by atoms with Gasteiger partial charge in [0.2, 0.25) is 0 Å². The summed E-state index contributed by atoms with van der Waals surface area (Å²) in [5, 5.41) is 0.980. The number of hydrogen-bond acceptors (Lipinski definition) is 6. The highest BCUT2D eigenvalue weighted by atomic mass is 32.2. The first-order valence-corrected chi connectivity index (χ1v) is 11.6. The largest absolute Gasteiger partial charge is 0.454 e. The summed E-state index contributed by atoms with van der Waals surface area (Å²) in [7, 11) is -3.03. The minimum Gasteiger partial charge on any atom is -0.454 e. The van der Waals surface area contributed by atoms with Gasteiger partial charge in [-0.15, -0.1) is 0 Å². The van der Waals surface area contributed by atoms with Crippen molar-refractivity contribution < 1.29 is 22.5 Å². The summed E-state index contributed by atoms with van der Waals surface area (Å²) < 4.78 is 38.8. The number of rotatable bonds is 3. The van der Waals surface area contributed by atoms with E-state index in [1.807, 2.05) is 42.5 Å². The second-order valence-electron chi connectivity index (χ2n) is 7.22. The molecule has 30 heavy (non-hydrogen) atoms. The molecule has 2 aromatic rings. The summed E-state index contributed by atoms with van der Waals surface area (Å²) in [6, 6.07) is 14.7. The minimum absolute atomic E-state index is 0.294. The van der Waals surface area contributed by atoms with Crippen LogP contribution in [0.2, 0.25) is 0 Å². The molecule has 7 nitrogen and oxygen atoms in total. The number of ether oxygens (including phenoxy) is 1. The lowest BCUT2D eigenvalue weighted by Crippen LogP contribution is -2.36. The van der Waals surface area contributed by atoms with Crippen molar-refractivity contribution in [2.24, 2.45) is 0 Å². The second-order valence-corrected chi connectivity index (χ2v) is 9.69. The molecule has 0 saturated carbocycles. The molecule has 3 aliphatic rings. The first-order valence-electron chi connectivity index (χ1n) is 9.36. The zero-order valence-corrected chi connectivity index (χ0v) is 17.6. The van der Waals surface area contributed by atoms with Crippen LogP contribution >= 0.6 is 11.8 Å². The molecule has 0 amide bonds. The Morgan fingerprint density at radius 2 is 1.97 bits per heavy atom. The van der Waals surface area contributed by atoms with E-state index < -0.39 is 10.3 Å². The molecule has 0 fully saturated rings. The molecular weight excluding hydrogens is 424 g/mol. The van der Waals surface area contributed by atoms with Gasteiger partial charge in [0.05, 0.1) is 22.0 Å². The van der Waals surface area contributed by atoms with E-state index >= 15 is 0 Å². The molecule has 5 rings (SSSR count). The summed E-state index contributed by atoms with van der Waals surface area (Å²) in [6.07, 6.45) is 2.30. The third-order valence-corrected chi connectivity index (χ3v) is 7.56. The van der Waals surface area contributed by atoms with Crippen LogP contribution < -0.4 is 9.21 Å². The third-order valence-electron chi connectivity index (χ3n) is 5.46. The number of esters is 1. The van der Waals surface area contributed by atoms with Crippen molar-refractivity contribution in [1.82, 2.24) is 0 Å². The van der Waals surface area contributed by atoms with E-state index in [1.165, 1.54) is 18.8 Å². The molecule has 2 aromatic carbocycles. The molecule has 0 bridgehead atoms. The fraction of sp³-hybridized carbons (Fsp3) is 0.190. The average molecular weight is 443 g/mol. The monoisotopic (exact) mass is 442 g/mol. The average Bonchev–Trinajstić information content (AvgIpc) is 3.10. The molecule has 1 atom stereocenters. The van der Waals surface area contributed by atoms with Crippen LogP contribution in [0.15, 0.2) is 70.1 Å². The van der Waals surface area contributed by atoms with Gasteiger partial charge in [0, 0.05) is 30.5 Å². The number of carbonyl (C=O) groups is 1. The van der Waals surface area contributed by atoms with Crippen molar-refractivity contribution in [3.05, 3.63) is 70.8 Å². The number of hydrogen-bond donors (Lipinski definition) is 1. The standard InChI is InChI=1S/C21H18N2O5S2/c1-22(30(25,26)27)14-7-8-17-19(11-14)29-20-16-12-15(13-5-3-2-4-6-13)21(24)28-18(16)9-10-23(17)20/h2-8,11-12,18H,9-10H2,1H3,(H,25,26,27). The Morgan fingerprint density at radius 1 is 1.20 bits per heavy atom. The fourth-order valence-corrected chi connectivity index (χ4v) is 5.54. The molecule has 1 unspecified atom stereocenters. The van der Waals surface area contributed by atoms with Gasteiger partial charge in [-0.3, -0.25) is 8.86 Å². The Morgan fingerprint density at radius 3 is 2.70 bits per heavy atom. The SMILES string of the molecule is CN(c1ccc2c(c1)SC1=C3C=C(c4ccccc4)C(=O)OC3CCN12)S(=O)(=O)O. The lowest BCUT2D eigenvalue weighted by Gasteiger charge is -2.35. The Balaban J connectivity index is 1.58. The number of fused-ring (bicyclic) bond motifs is 4. The minimum atomic E-state index is -4.33. The van der Waals surface area contributed by atoms with E-state index in [0.717, 1.165) is 31.1 Å². The highest BCUT2D eigenvalue weighted by Crippen LogP contribution is 2.52. The first-order chi connectivity index (χ1) is 14.3. The number of anilines is 2. The van der Waals surface area contributed by atoms with Crippen molar-refractivity contribution in [3.63, 3.8) is 0 Å². The van der Waals surface area contributed by atoms with Crippen LogP contribution in [0.5, 0.6) is 0 Å². The predicted molar refractivity (Wildman–Crippen MR) is 116 cm³/mol. The van der Waals surface area contributed by atoms with Crippen molar-refractivity contribution in [2.75, 3.05) is 22.8 Å². The molecule has 0 spiro atoms. The molecule has 1 N–H and O–H groups in total. The van der Waals surface area contributed by atoms with Crippen LogP contribution in [0.4, 0.5) is 11.4 Å². The lowest BCUT2D eigenvalue weighted by atomic mass is 9.94. The maximum Gasteiger partial charge on any atom is 0.359 e. The van der Waals surface area contributed by atoms with Gasteiger partial charge < -0.3 is 9.64 Å². The Kier molecular flexibility index (Phi) is 4.42. The zero-order valence-electron chi connectivity index (χ0n) is 16.0. The summed E-state index contributed by atoms with van der Waals surface area (Å²) in [5.74, 6) is -0.318. The van der Waals surface area contributed by atoms with E-state index in [2.05, 4.69) is 4.90 Å². The third kappa shape index (κ3) is 3.10. The molecule has 3 aliphatic heterocycles. The van der Waals surface area contributed by atoms with E-state index in [1.54, 1.807) is 12.1 Å². The Labute approximate surface area is 178 Å². The first kappa shape index (κ1) is 19.2. The Hall–Kier alpha value is -2.75. The van der Waals surface area contributed by atoms with Gasteiger partial charge in [0.15, 0.2) is 0 Å². The molecular formula is C21H18N2O5S2. The maximum absolute atomic E-state index is 12.6. The number of nitrogens with zero attached hydrogens (tertiary/aromatic N) is 2. The van der Waals surface area contributed by atoms with Gasteiger partial charge in [0.1, 0.15) is 6.10 Å². The summed E-state index contributed by atoms with van der Waals surface area (Å²) in [6.45, 7) is 0.693. The second kappa shape index (κ2) is 6.90. The number of thioether (sulfide) groups is 1. The fourth-order valence-electron chi connectivity index (χ4n) is 3.88.